The summed E-state index contributed by atoms with van der Waals surface area (Å²) < 4.78 is 21.8. The molecule has 2 unspecified atom stereocenters. The molecule has 0 aliphatic heterocycles. The van der Waals surface area contributed by atoms with Gasteiger partial charge in [-0.25, -0.2) is 4.79 Å². The summed E-state index contributed by atoms with van der Waals surface area (Å²) in [6.45, 7) is 1.18. The number of carbonyl (C=O) groups is 3. The van der Waals surface area contributed by atoms with Crippen LogP contribution >= 0.6 is 0 Å². The van der Waals surface area contributed by atoms with E-state index in [0.717, 1.165) is 56.8 Å². The molecule has 0 heterocycles. The Bertz CT molecular complexity index is 1170. The lowest BCUT2D eigenvalue weighted by atomic mass is 9.85. The lowest BCUT2D eigenvalue weighted by Crippen LogP contribution is -2.40. The summed E-state index contributed by atoms with van der Waals surface area (Å²) in [5.41, 5.74) is 1.73. The fourth-order valence-corrected chi connectivity index (χ4v) is 6.07. The van der Waals surface area contributed by atoms with Crippen molar-refractivity contribution in [3.63, 3.8) is 0 Å². The molecule has 8 heteroatoms. The second kappa shape index (κ2) is 16.2. The standard InChI is InChI=1S/C34H45NO7/c1-39-33(37)26-11-6-12-28(22-26)35-32(36)30-23-27(34(38)40-2)15-18-31(30)42-20-7-10-25-13-16-29(17-14-25)41-21-19-24-8-4-3-5-9-24/h13-18,23-24,26,28H,3-12,19-22H2,1-2H3,(H,35,36). The van der Waals surface area contributed by atoms with Crippen LogP contribution in [0, 0.1) is 11.8 Å². The van der Waals surface area contributed by atoms with Gasteiger partial charge in [-0.15, -0.1) is 0 Å². The number of ether oxygens (including phenoxy) is 4. The molecule has 0 aromatic heterocycles. The van der Waals surface area contributed by atoms with Crippen LogP contribution in [-0.4, -0.2) is 51.3 Å². The number of esters is 2. The molecule has 0 bridgehead atoms. The molecule has 4 rings (SSSR count). The van der Waals surface area contributed by atoms with Crippen LogP contribution in [-0.2, 0) is 20.7 Å². The van der Waals surface area contributed by atoms with E-state index in [1.54, 1.807) is 12.1 Å². The SMILES string of the molecule is COC(=O)c1ccc(OCCCc2ccc(OCCC3CCCCC3)cc2)c(C(=O)NC2CCCC(C(=O)OC)C2)c1. The van der Waals surface area contributed by atoms with Crippen molar-refractivity contribution in [1.82, 2.24) is 5.32 Å². The Morgan fingerprint density at radius 1 is 0.833 bits per heavy atom. The maximum Gasteiger partial charge on any atom is 0.337 e. The van der Waals surface area contributed by atoms with Crippen molar-refractivity contribution in [3.05, 3.63) is 59.2 Å². The van der Waals surface area contributed by atoms with E-state index in [2.05, 4.69) is 17.4 Å². The summed E-state index contributed by atoms with van der Waals surface area (Å²) in [4.78, 5) is 37.5. The van der Waals surface area contributed by atoms with Gasteiger partial charge in [0.15, 0.2) is 0 Å². The highest BCUT2D eigenvalue weighted by molar-refractivity contribution is 6.00. The molecule has 1 N–H and O–H groups in total. The third-order valence-corrected chi connectivity index (χ3v) is 8.50. The molecule has 0 radical (unpaired) electrons. The molecule has 2 aromatic carbocycles. The van der Waals surface area contributed by atoms with Gasteiger partial charge in [-0.2, -0.15) is 0 Å². The van der Waals surface area contributed by atoms with Crippen molar-refractivity contribution in [2.75, 3.05) is 27.4 Å². The van der Waals surface area contributed by atoms with E-state index in [1.807, 2.05) is 12.1 Å². The molecule has 8 nitrogen and oxygen atoms in total. The van der Waals surface area contributed by atoms with E-state index >= 15 is 0 Å². The van der Waals surface area contributed by atoms with Gasteiger partial charge in [0.2, 0.25) is 0 Å². The van der Waals surface area contributed by atoms with E-state index in [1.165, 1.54) is 58.0 Å². The predicted molar refractivity (Wildman–Crippen MR) is 160 cm³/mol. The molecule has 2 aromatic rings. The van der Waals surface area contributed by atoms with Crippen LogP contribution in [0.2, 0.25) is 0 Å². The second-order valence-electron chi connectivity index (χ2n) is 11.5. The summed E-state index contributed by atoms with van der Waals surface area (Å²) in [5.74, 6) is 0.777. The molecular weight excluding hydrogens is 534 g/mol. The summed E-state index contributed by atoms with van der Waals surface area (Å²) >= 11 is 0. The third kappa shape index (κ3) is 9.23. The smallest absolute Gasteiger partial charge is 0.337 e. The first-order valence-corrected chi connectivity index (χ1v) is 15.4. The molecule has 2 saturated carbocycles. The van der Waals surface area contributed by atoms with Gasteiger partial charge >= 0.3 is 11.9 Å². The van der Waals surface area contributed by atoms with E-state index in [0.29, 0.717) is 18.8 Å². The van der Waals surface area contributed by atoms with Crippen molar-refractivity contribution in [2.24, 2.45) is 11.8 Å². The number of methoxy groups -OCH3 is 2. The highest BCUT2D eigenvalue weighted by atomic mass is 16.5. The molecule has 2 aliphatic carbocycles. The zero-order valence-electron chi connectivity index (χ0n) is 25.0. The van der Waals surface area contributed by atoms with Gasteiger partial charge in [-0.1, -0.05) is 50.7 Å². The lowest BCUT2D eigenvalue weighted by Gasteiger charge is -2.28. The Morgan fingerprint density at radius 3 is 2.36 bits per heavy atom. The first kappa shape index (κ1) is 31.4. The average molecular weight is 580 g/mol. The molecule has 2 fully saturated rings. The normalized spacial score (nSPS) is 19.0. The Balaban J connectivity index is 1.28. The fraction of sp³-hybridized carbons (Fsp3) is 0.559. The maximum atomic E-state index is 13.3. The van der Waals surface area contributed by atoms with Gasteiger partial charge in [-0.05, 0) is 80.3 Å². The highest BCUT2D eigenvalue weighted by Crippen LogP contribution is 2.28. The molecule has 2 atom stereocenters. The monoisotopic (exact) mass is 579 g/mol. The highest BCUT2D eigenvalue weighted by Gasteiger charge is 2.29. The van der Waals surface area contributed by atoms with Crippen molar-refractivity contribution in [2.45, 2.75) is 83.1 Å². The Kier molecular flexibility index (Phi) is 12.1. The molecule has 42 heavy (non-hydrogen) atoms. The van der Waals surface area contributed by atoms with E-state index in [4.69, 9.17) is 18.9 Å². The Morgan fingerprint density at radius 2 is 1.62 bits per heavy atom. The fourth-order valence-electron chi connectivity index (χ4n) is 6.07. The van der Waals surface area contributed by atoms with Gasteiger partial charge in [0.05, 0.1) is 44.5 Å². The van der Waals surface area contributed by atoms with Crippen LogP contribution < -0.4 is 14.8 Å². The molecule has 0 saturated heterocycles. The zero-order chi connectivity index (χ0) is 29.7. The van der Waals surface area contributed by atoms with Crippen LogP contribution in [0.15, 0.2) is 42.5 Å². The summed E-state index contributed by atoms with van der Waals surface area (Å²) in [5, 5.41) is 3.03. The number of hydrogen-bond donors (Lipinski definition) is 1. The number of rotatable bonds is 13. The van der Waals surface area contributed by atoms with E-state index in [-0.39, 0.29) is 35.0 Å². The van der Waals surface area contributed by atoms with Crippen LogP contribution in [0.3, 0.4) is 0 Å². The average Bonchev–Trinajstić information content (AvgIpc) is 3.03. The van der Waals surface area contributed by atoms with Crippen molar-refractivity contribution < 1.29 is 33.3 Å². The largest absolute Gasteiger partial charge is 0.494 e. The molecule has 1 amide bonds. The van der Waals surface area contributed by atoms with Gasteiger partial charge in [-0.3, -0.25) is 9.59 Å². The van der Waals surface area contributed by atoms with Crippen molar-refractivity contribution >= 4 is 17.8 Å². The van der Waals surface area contributed by atoms with Gasteiger partial charge in [0.25, 0.3) is 5.91 Å². The number of amides is 1. The zero-order valence-corrected chi connectivity index (χ0v) is 25.0. The van der Waals surface area contributed by atoms with Crippen LogP contribution in [0.4, 0.5) is 0 Å². The first-order valence-electron chi connectivity index (χ1n) is 15.4. The second-order valence-corrected chi connectivity index (χ2v) is 11.5. The number of carbonyl (C=O) groups excluding carboxylic acids is 3. The van der Waals surface area contributed by atoms with Gasteiger partial charge in [0.1, 0.15) is 11.5 Å². The Hall–Kier alpha value is -3.55. The first-order chi connectivity index (χ1) is 20.5. The molecule has 228 valence electrons. The summed E-state index contributed by atoms with van der Waals surface area (Å²) in [7, 11) is 2.69. The van der Waals surface area contributed by atoms with Gasteiger partial charge < -0.3 is 24.3 Å². The Labute approximate surface area is 249 Å². The number of aryl methyl sites for hydroxylation is 1. The van der Waals surface area contributed by atoms with Gasteiger partial charge in [0, 0.05) is 6.04 Å². The van der Waals surface area contributed by atoms with Crippen molar-refractivity contribution in [1.29, 1.82) is 0 Å². The number of hydrogen-bond acceptors (Lipinski definition) is 7. The maximum absolute atomic E-state index is 13.3. The molecule has 0 spiro atoms. The van der Waals surface area contributed by atoms with Crippen LogP contribution in [0.25, 0.3) is 0 Å². The summed E-state index contributed by atoms with van der Waals surface area (Å²) in [6, 6.07) is 12.8. The molecular formula is C34H45NO7. The van der Waals surface area contributed by atoms with Crippen LogP contribution in [0.1, 0.15) is 96.9 Å². The number of benzene rings is 2. The minimum Gasteiger partial charge on any atom is -0.494 e. The van der Waals surface area contributed by atoms with Crippen molar-refractivity contribution in [3.8, 4) is 11.5 Å². The van der Waals surface area contributed by atoms with E-state index in [9.17, 15) is 14.4 Å². The van der Waals surface area contributed by atoms with Crippen LogP contribution in [0.5, 0.6) is 11.5 Å². The molecule has 2 aliphatic rings. The topological polar surface area (TPSA) is 100 Å². The summed E-state index contributed by atoms with van der Waals surface area (Å²) in [6.07, 6.45) is 12.3. The minimum absolute atomic E-state index is 0.163. The lowest BCUT2D eigenvalue weighted by molar-refractivity contribution is -0.146. The quantitative estimate of drug-likeness (QED) is 0.220. The third-order valence-electron chi connectivity index (χ3n) is 8.50. The number of nitrogens with one attached hydrogen (secondary N) is 1. The van der Waals surface area contributed by atoms with E-state index < -0.39 is 5.97 Å². The predicted octanol–water partition coefficient (Wildman–Crippen LogP) is 6.30. The minimum atomic E-state index is -0.527.